The minimum absolute atomic E-state index is 0.0139. The summed E-state index contributed by atoms with van der Waals surface area (Å²) in [5.41, 5.74) is 1.71. The molecule has 4 nitrogen and oxygen atoms in total. The number of hydrogen-bond acceptors (Lipinski definition) is 3. The fourth-order valence-electron chi connectivity index (χ4n) is 2.05. The molecule has 0 saturated heterocycles. The number of amides is 1. The summed E-state index contributed by atoms with van der Waals surface area (Å²) >= 11 is 0. The molecule has 2 aromatic rings. The normalized spacial score (nSPS) is 10.9. The van der Waals surface area contributed by atoms with E-state index < -0.39 is 0 Å². The zero-order valence-electron chi connectivity index (χ0n) is 11.4. The Labute approximate surface area is 113 Å². The van der Waals surface area contributed by atoms with Crippen molar-refractivity contribution in [3.05, 3.63) is 36.5 Å². The standard InChI is InChI=1S/C15H19N3O/c1-3-18(4-2)11-15(19)17-14-9-5-8-13-12(14)7-6-10-16-13/h5-10H,3-4,11H2,1-2H3,(H,17,19). The number of rotatable bonds is 5. The Balaban J connectivity index is 2.15. The predicted octanol–water partition coefficient (Wildman–Crippen LogP) is 2.52. The van der Waals surface area contributed by atoms with Gasteiger partial charge >= 0.3 is 0 Å². The van der Waals surface area contributed by atoms with E-state index in [0.29, 0.717) is 6.54 Å². The van der Waals surface area contributed by atoms with Crippen molar-refractivity contribution in [1.29, 1.82) is 0 Å². The number of hydrogen-bond donors (Lipinski definition) is 1. The van der Waals surface area contributed by atoms with Crippen LogP contribution in [0.5, 0.6) is 0 Å². The van der Waals surface area contributed by atoms with Crippen molar-refractivity contribution in [2.24, 2.45) is 0 Å². The molecule has 0 saturated carbocycles. The lowest BCUT2D eigenvalue weighted by Crippen LogP contribution is -2.32. The number of pyridine rings is 1. The van der Waals surface area contributed by atoms with Gasteiger partial charge in [-0.05, 0) is 37.4 Å². The van der Waals surface area contributed by atoms with Crippen molar-refractivity contribution in [3.63, 3.8) is 0 Å². The number of nitrogens with one attached hydrogen (secondary N) is 1. The summed E-state index contributed by atoms with van der Waals surface area (Å²) < 4.78 is 0. The molecule has 1 N–H and O–H groups in total. The predicted molar refractivity (Wildman–Crippen MR) is 78.2 cm³/mol. The van der Waals surface area contributed by atoms with Gasteiger partial charge in [-0.15, -0.1) is 0 Å². The third-order valence-electron chi connectivity index (χ3n) is 3.18. The number of nitrogens with zero attached hydrogens (tertiary/aromatic N) is 2. The Morgan fingerprint density at radius 2 is 2.00 bits per heavy atom. The molecule has 4 heteroatoms. The van der Waals surface area contributed by atoms with Gasteiger partial charge in [-0.1, -0.05) is 19.9 Å². The highest BCUT2D eigenvalue weighted by atomic mass is 16.2. The van der Waals surface area contributed by atoms with Crippen molar-refractivity contribution < 1.29 is 4.79 Å². The van der Waals surface area contributed by atoms with Crippen LogP contribution in [0, 0.1) is 0 Å². The molecule has 100 valence electrons. The second kappa shape index (κ2) is 6.29. The molecule has 1 aromatic heterocycles. The van der Waals surface area contributed by atoms with Crippen molar-refractivity contribution in [2.45, 2.75) is 13.8 Å². The molecule has 0 aliphatic carbocycles. The largest absolute Gasteiger partial charge is 0.324 e. The van der Waals surface area contributed by atoms with Gasteiger partial charge in [0.25, 0.3) is 0 Å². The number of benzene rings is 1. The Kier molecular flexibility index (Phi) is 4.47. The Morgan fingerprint density at radius 3 is 2.74 bits per heavy atom. The quantitative estimate of drug-likeness (QED) is 0.895. The number of carbonyl (C=O) groups excluding carboxylic acids is 1. The summed E-state index contributed by atoms with van der Waals surface area (Å²) in [6, 6.07) is 9.60. The first kappa shape index (κ1) is 13.5. The van der Waals surface area contributed by atoms with Gasteiger partial charge in [0.1, 0.15) is 0 Å². The van der Waals surface area contributed by atoms with Gasteiger partial charge in [0.2, 0.25) is 5.91 Å². The lowest BCUT2D eigenvalue weighted by atomic mass is 10.2. The van der Waals surface area contributed by atoms with E-state index in [2.05, 4.69) is 29.0 Å². The zero-order chi connectivity index (χ0) is 13.7. The molecule has 19 heavy (non-hydrogen) atoms. The van der Waals surface area contributed by atoms with E-state index in [1.165, 1.54) is 0 Å². The van der Waals surface area contributed by atoms with Crippen molar-refractivity contribution in [1.82, 2.24) is 9.88 Å². The summed E-state index contributed by atoms with van der Waals surface area (Å²) in [5, 5.41) is 3.93. The summed E-state index contributed by atoms with van der Waals surface area (Å²) in [6.45, 7) is 6.28. The number of likely N-dealkylation sites (N-methyl/N-ethyl adjacent to an activating group) is 1. The smallest absolute Gasteiger partial charge is 0.238 e. The van der Waals surface area contributed by atoms with E-state index in [1.54, 1.807) is 6.20 Å². The maximum Gasteiger partial charge on any atom is 0.238 e. The first-order valence-corrected chi connectivity index (χ1v) is 6.60. The van der Waals surface area contributed by atoms with Gasteiger partial charge in [-0.3, -0.25) is 14.7 Å². The van der Waals surface area contributed by atoms with Gasteiger partial charge in [0.05, 0.1) is 17.7 Å². The number of anilines is 1. The van der Waals surface area contributed by atoms with Gasteiger partial charge in [0.15, 0.2) is 0 Å². The van der Waals surface area contributed by atoms with E-state index in [-0.39, 0.29) is 5.91 Å². The van der Waals surface area contributed by atoms with Crippen LogP contribution in [0.3, 0.4) is 0 Å². The van der Waals surface area contributed by atoms with E-state index in [4.69, 9.17) is 0 Å². The first-order chi connectivity index (χ1) is 9.24. The lowest BCUT2D eigenvalue weighted by Gasteiger charge is -2.17. The third-order valence-corrected chi connectivity index (χ3v) is 3.18. The van der Waals surface area contributed by atoms with Crippen LogP contribution in [-0.2, 0) is 4.79 Å². The number of carbonyl (C=O) groups is 1. The topological polar surface area (TPSA) is 45.2 Å². The molecule has 1 aromatic carbocycles. The van der Waals surface area contributed by atoms with E-state index in [1.807, 2.05) is 30.3 Å². The summed E-state index contributed by atoms with van der Waals surface area (Å²) in [7, 11) is 0. The van der Waals surface area contributed by atoms with Gasteiger partial charge in [0, 0.05) is 11.6 Å². The minimum Gasteiger partial charge on any atom is -0.324 e. The minimum atomic E-state index is 0.0139. The SMILES string of the molecule is CCN(CC)CC(=O)Nc1cccc2ncccc12. The molecule has 0 fully saturated rings. The molecule has 0 atom stereocenters. The molecule has 0 spiro atoms. The van der Waals surface area contributed by atoms with Crippen molar-refractivity contribution >= 4 is 22.5 Å². The van der Waals surface area contributed by atoms with E-state index in [9.17, 15) is 4.79 Å². The van der Waals surface area contributed by atoms with Gasteiger partial charge in [-0.2, -0.15) is 0 Å². The monoisotopic (exact) mass is 257 g/mol. The van der Waals surface area contributed by atoms with Crippen LogP contribution in [0.4, 0.5) is 5.69 Å². The van der Waals surface area contributed by atoms with E-state index in [0.717, 1.165) is 29.7 Å². The first-order valence-electron chi connectivity index (χ1n) is 6.60. The Bertz CT molecular complexity index is 559. The van der Waals surface area contributed by atoms with Crippen molar-refractivity contribution in [3.8, 4) is 0 Å². The molecule has 1 amide bonds. The Hall–Kier alpha value is -1.94. The summed E-state index contributed by atoms with van der Waals surface area (Å²) in [5.74, 6) is 0.0139. The molecular weight excluding hydrogens is 238 g/mol. The molecular formula is C15H19N3O. The number of aromatic nitrogens is 1. The lowest BCUT2D eigenvalue weighted by molar-refractivity contribution is -0.117. The summed E-state index contributed by atoms with van der Waals surface area (Å²) in [6.07, 6.45) is 1.75. The van der Waals surface area contributed by atoms with Crippen LogP contribution in [0.25, 0.3) is 10.9 Å². The van der Waals surface area contributed by atoms with Gasteiger partial charge in [-0.25, -0.2) is 0 Å². The highest BCUT2D eigenvalue weighted by Crippen LogP contribution is 2.21. The second-order valence-electron chi connectivity index (χ2n) is 4.39. The van der Waals surface area contributed by atoms with E-state index >= 15 is 0 Å². The average molecular weight is 257 g/mol. The third kappa shape index (κ3) is 3.29. The maximum atomic E-state index is 12.0. The second-order valence-corrected chi connectivity index (χ2v) is 4.39. The molecule has 0 bridgehead atoms. The fraction of sp³-hybridized carbons (Fsp3) is 0.333. The van der Waals surface area contributed by atoms with Crippen LogP contribution in [-0.4, -0.2) is 35.4 Å². The van der Waals surface area contributed by atoms with Crippen LogP contribution in [0.1, 0.15) is 13.8 Å². The maximum absolute atomic E-state index is 12.0. The summed E-state index contributed by atoms with van der Waals surface area (Å²) in [4.78, 5) is 18.4. The van der Waals surface area contributed by atoms with Crippen LogP contribution in [0.15, 0.2) is 36.5 Å². The van der Waals surface area contributed by atoms with Crippen LogP contribution >= 0.6 is 0 Å². The van der Waals surface area contributed by atoms with Crippen molar-refractivity contribution in [2.75, 3.05) is 25.0 Å². The van der Waals surface area contributed by atoms with Crippen LogP contribution in [0.2, 0.25) is 0 Å². The van der Waals surface area contributed by atoms with Crippen LogP contribution < -0.4 is 5.32 Å². The zero-order valence-corrected chi connectivity index (χ0v) is 11.4. The molecule has 0 unspecified atom stereocenters. The molecule has 0 radical (unpaired) electrons. The molecule has 2 rings (SSSR count). The Morgan fingerprint density at radius 1 is 1.21 bits per heavy atom. The molecule has 0 aliphatic rings. The highest BCUT2D eigenvalue weighted by Gasteiger charge is 2.09. The molecule has 0 aliphatic heterocycles. The number of fused-ring (bicyclic) bond motifs is 1. The average Bonchev–Trinajstić information content (AvgIpc) is 2.45. The fourth-order valence-corrected chi connectivity index (χ4v) is 2.05. The highest BCUT2D eigenvalue weighted by molar-refractivity contribution is 6.01. The molecule has 1 heterocycles. The van der Waals surface area contributed by atoms with Gasteiger partial charge < -0.3 is 5.32 Å².